The number of aromatic nitrogens is 1. The third-order valence-electron chi connectivity index (χ3n) is 3.19. The summed E-state index contributed by atoms with van der Waals surface area (Å²) >= 11 is 0. The zero-order valence-electron chi connectivity index (χ0n) is 9.39. The second-order valence-electron chi connectivity index (χ2n) is 4.52. The van der Waals surface area contributed by atoms with Crippen molar-refractivity contribution in [3.05, 3.63) is 18.3 Å². The van der Waals surface area contributed by atoms with Crippen LogP contribution < -0.4 is 11.1 Å². The predicted molar refractivity (Wildman–Crippen MR) is 65.1 cm³/mol. The first-order valence-electron chi connectivity index (χ1n) is 5.87. The quantitative estimate of drug-likeness (QED) is 0.725. The van der Waals surface area contributed by atoms with E-state index in [0.29, 0.717) is 11.7 Å². The molecule has 0 bridgehead atoms. The Morgan fingerprint density at radius 3 is 2.81 bits per heavy atom. The Bertz CT molecular complexity index is 335. The highest BCUT2D eigenvalue weighted by Crippen LogP contribution is 2.24. The third kappa shape index (κ3) is 3.10. The van der Waals surface area contributed by atoms with Gasteiger partial charge in [0.15, 0.2) is 0 Å². The van der Waals surface area contributed by atoms with Crippen molar-refractivity contribution >= 4 is 11.5 Å². The lowest BCUT2D eigenvalue weighted by Crippen LogP contribution is -2.23. The van der Waals surface area contributed by atoms with Crippen molar-refractivity contribution in [1.82, 2.24) is 4.98 Å². The van der Waals surface area contributed by atoms with Crippen LogP contribution in [0.2, 0.25) is 0 Å². The minimum Gasteiger partial charge on any atom is -0.393 e. The second-order valence-corrected chi connectivity index (χ2v) is 4.52. The van der Waals surface area contributed by atoms with Crippen LogP contribution in [0.1, 0.15) is 25.7 Å². The summed E-state index contributed by atoms with van der Waals surface area (Å²) in [6.07, 6.45) is 5.72. The number of nitrogens with one attached hydrogen (secondary N) is 1. The summed E-state index contributed by atoms with van der Waals surface area (Å²) in [5.74, 6) is 1.21. The van der Waals surface area contributed by atoms with E-state index in [-0.39, 0.29) is 6.10 Å². The van der Waals surface area contributed by atoms with Crippen molar-refractivity contribution in [2.75, 3.05) is 17.6 Å². The first-order valence-corrected chi connectivity index (χ1v) is 5.87. The van der Waals surface area contributed by atoms with Crippen LogP contribution in [0.25, 0.3) is 0 Å². The van der Waals surface area contributed by atoms with Gasteiger partial charge in [-0.1, -0.05) is 0 Å². The highest BCUT2D eigenvalue weighted by atomic mass is 16.3. The fourth-order valence-electron chi connectivity index (χ4n) is 2.17. The molecule has 0 saturated heterocycles. The van der Waals surface area contributed by atoms with Crippen LogP contribution in [0.4, 0.5) is 11.5 Å². The Balaban J connectivity index is 1.79. The third-order valence-corrected chi connectivity index (χ3v) is 3.19. The molecular weight excluding hydrogens is 202 g/mol. The molecule has 16 heavy (non-hydrogen) atoms. The number of nitrogen functional groups attached to an aromatic ring is 1. The lowest BCUT2D eigenvalue weighted by Gasteiger charge is -2.25. The van der Waals surface area contributed by atoms with Gasteiger partial charge in [-0.25, -0.2) is 4.98 Å². The molecule has 0 spiro atoms. The van der Waals surface area contributed by atoms with Gasteiger partial charge < -0.3 is 16.2 Å². The van der Waals surface area contributed by atoms with Gasteiger partial charge in [-0.2, -0.15) is 0 Å². The monoisotopic (exact) mass is 221 g/mol. The molecule has 4 heteroatoms. The van der Waals surface area contributed by atoms with Crippen LogP contribution in [0, 0.1) is 5.92 Å². The molecule has 0 unspecified atom stereocenters. The minimum atomic E-state index is -0.0761. The van der Waals surface area contributed by atoms with Gasteiger partial charge in [0.2, 0.25) is 0 Å². The molecule has 1 aliphatic rings. The molecule has 0 radical (unpaired) electrons. The number of hydrogen-bond acceptors (Lipinski definition) is 4. The fourth-order valence-corrected chi connectivity index (χ4v) is 2.17. The van der Waals surface area contributed by atoms with E-state index in [1.165, 1.54) is 0 Å². The molecule has 88 valence electrons. The van der Waals surface area contributed by atoms with E-state index in [4.69, 9.17) is 5.73 Å². The highest BCUT2D eigenvalue weighted by molar-refractivity contribution is 5.49. The number of nitrogens with zero attached hydrogens (tertiary/aromatic N) is 1. The highest BCUT2D eigenvalue weighted by Gasteiger charge is 2.18. The van der Waals surface area contributed by atoms with E-state index in [1.54, 1.807) is 6.20 Å². The fraction of sp³-hybridized carbons (Fsp3) is 0.583. The average Bonchev–Trinajstić information content (AvgIpc) is 2.28. The van der Waals surface area contributed by atoms with Gasteiger partial charge in [-0.15, -0.1) is 0 Å². The maximum atomic E-state index is 9.40. The molecule has 1 aromatic rings. The van der Waals surface area contributed by atoms with E-state index in [2.05, 4.69) is 10.3 Å². The number of aliphatic hydroxyl groups is 1. The van der Waals surface area contributed by atoms with Crippen molar-refractivity contribution in [3.8, 4) is 0 Å². The molecular formula is C12H19N3O. The number of anilines is 2. The second kappa shape index (κ2) is 5.16. The molecule has 0 aromatic carbocycles. The van der Waals surface area contributed by atoms with Gasteiger partial charge in [0.05, 0.1) is 6.10 Å². The van der Waals surface area contributed by atoms with Crippen molar-refractivity contribution in [1.29, 1.82) is 0 Å². The summed E-state index contributed by atoms with van der Waals surface area (Å²) in [7, 11) is 0. The van der Waals surface area contributed by atoms with E-state index >= 15 is 0 Å². The minimum absolute atomic E-state index is 0.0761. The van der Waals surface area contributed by atoms with Crippen LogP contribution in [0.3, 0.4) is 0 Å². The first kappa shape index (κ1) is 11.2. The topological polar surface area (TPSA) is 71.2 Å². The van der Waals surface area contributed by atoms with Gasteiger partial charge in [0.1, 0.15) is 5.82 Å². The molecule has 2 rings (SSSR count). The average molecular weight is 221 g/mol. The van der Waals surface area contributed by atoms with Crippen molar-refractivity contribution in [3.63, 3.8) is 0 Å². The summed E-state index contributed by atoms with van der Waals surface area (Å²) in [4.78, 5) is 3.95. The van der Waals surface area contributed by atoms with Gasteiger partial charge in [-0.3, -0.25) is 0 Å². The van der Waals surface area contributed by atoms with Crippen LogP contribution >= 0.6 is 0 Å². The standard InChI is InChI=1S/C12H19N3O/c13-12-7-10(5-6-14-12)15-8-9-1-3-11(16)4-2-9/h5-7,9,11,16H,1-4,8H2,(H3,13,14,15). The van der Waals surface area contributed by atoms with Crippen LogP contribution in [0.5, 0.6) is 0 Å². The largest absolute Gasteiger partial charge is 0.393 e. The van der Waals surface area contributed by atoms with Crippen molar-refractivity contribution < 1.29 is 5.11 Å². The molecule has 0 aliphatic heterocycles. The van der Waals surface area contributed by atoms with E-state index in [9.17, 15) is 5.11 Å². The summed E-state index contributed by atoms with van der Waals surface area (Å²) in [5, 5.41) is 12.8. The summed E-state index contributed by atoms with van der Waals surface area (Å²) in [5.41, 5.74) is 6.63. The number of hydrogen-bond donors (Lipinski definition) is 3. The molecule has 0 atom stereocenters. The lowest BCUT2D eigenvalue weighted by atomic mass is 9.87. The molecule has 1 fully saturated rings. The number of aliphatic hydroxyl groups excluding tert-OH is 1. The predicted octanol–water partition coefficient (Wildman–Crippen LogP) is 1.63. The molecule has 1 heterocycles. The SMILES string of the molecule is Nc1cc(NCC2CCC(O)CC2)ccn1. The molecule has 1 aliphatic carbocycles. The molecule has 1 saturated carbocycles. The zero-order chi connectivity index (χ0) is 11.4. The van der Waals surface area contributed by atoms with Crippen molar-refractivity contribution in [2.45, 2.75) is 31.8 Å². The van der Waals surface area contributed by atoms with E-state index in [0.717, 1.165) is 37.9 Å². The summed E-state index contributed by atoms with van der Waals surface area (Å²) in [6, 6.07) is 3.77. The number of rotatable bonds is 3. The molecule has 1 aromatic heterocycles. The van der Waals surface area contributed by atoms with Gasteiger partial charge in [-0.05, 0) is 37.7 Å². The maximum absolute atomic E-state index is 9.40. The smallest absolute Gasteiger partial charge is 0.125 e. The van der Waals surface area contributed by atoms with E-state index in [1.807, 2.05) is 12.1 Å². The van der Waals surface area contributed by atoms with Gasteiger partial charge in [0, 0.05) is 24.5 Å². The Hall–Kier alpha value is -1.29. The number of pyridine rings is 1. The van der Waals surface area contributed by atoms with E-state index < -0.39 is 0 Å². The van der Waals surface area contributed by atoms with Gasteiger partial charge in [0.25, 0.3) is 0 Å². The van der Waals surface area contributed by atoms with Crippen LogP contribution in [-0.4, -0.2) is 22.7 Å². The van der Waals surface area contributed by atoms with Crippen LogP contribution in [0.15, 0.2) is 18.3 Å². The Labute approximate surface area is 95.9 Å². The Morgan fingerprint density at radius 2 is 2.12 bits per heavy atom. The summed E-state index contributed by atoms with van der Waals surface area (Å²) < 4.78 is 0. The van der Waals surface area contributed by atoms with Crippen molar-refractivity contribution in [2.24, 2.45) is 5.92 Å². The summed E-state index contributed by atoms with van der Waals surface area (Å²) in [6.45, 7) is 0.955. The normalized spacial score (nSPS) is 25.3. The Morgan fingerprint density at radius 1 is 1.38 bits per heavy atom. The van der Waals surface area contributed by atoms with Gasteiger partial charge >= 0.3 is 0 Å². The Kier molecular flexibility index (Phi) is 3.62. The zero-order valence-corrected chi connectivity index (χ0v) is 9.39. The van der Waals surface area contributed by atoms with Crippen LogP contribution in [-0.2, 0) is 0 Å². The lowest BCUT2D eigenvalue weighted by molar-refractivity contribution is 0.111. The maximum Gasteiger partial charge on any atom is 0.125 e. The molecule has 4 N–H and O–H groups in total. The molecule has 4 nitrogen and oxygen atoms in total. The molecule has 0 amide bonds. The first-order chi connectivity index (χ1) is 7.74. The number of nitrogens with two attached hydrogens (primary N) is 1.